The summed E-state index contributed by atoms with van der Waals surface area (Å²) >= 11 is 1.54. The van der Waals surface area contributed by atoms with E-state index >= 15 is 0 Å². The summed E-state index contributed by atoms with van der Waals surface area (Å²) in [6.07, 6.45) is 4.40. The first-order chi connectivity index (χ1) is 12.9. The molecule has 1 aliphatic rings. The number of rotatable bonds is 7. The Bertz CT molecular complexity index is 858. The minimum Gasteiger partial charge on any atom is -0.356 e. The molecule has 2 aromatic heterocycles. The van der Waals surface area contributed by atoms with E-state index in [0.717, 1.165) is 34.2 Å². The summed E-state index contributed by atoms with van der Waals surface area (Å²) in [5.41, 5.74) is 0.893. The zero-order chi connectivity index (χ0) is 19.4. The summed E-state index contributed by atoms with van der Waals surface area (Å²) in [7, 11) is 0. The number of amides is 1. The average molecular weight is 391 g/mol. The van der Waals surface area contributed by atoms with E-state index in [4.69, 9.17) is 0 Å². The second-order valence-electron chi connectivity index (χ2n) is 7.73. The Balaban J connectivity index is 1.42. The summed E-state index contributed by atoms with van der Waals surface area (Å²) < 4.78 is 0. The van der Waals surface area contributed by atoms with Gasteiger partial charge in [0.1, 0.15) is 10.7 Å². The van der Waals surface area contributed by atoms with E-state index in [9.17, 15) is 9.59 Å². The molecule has 0 aromatic carbocycles. The highest BCUT2D eigenvalue weighted by atomic mass is 32.1. The van der Waals surface area contributed by atoms with Crippen molar-refractivity contribution in [3.05, 3.63) is 26.6 Å². The Morgan fingerprint density at radius 2 is 2.22 bits per heavy atom. The molecule has 1 unspecified atom stereocenters. The third kappa shape index (κ3) is 5.17. The van der Waals surface area contributed by atoms with Gasteiger partial charge in [0, 0.05) is 30.8 Å². The Morgan fingerprint density at radius 1 is 1.41 bits per heavy atom. The Hall–Kier alpha value is -1.73. The fourth-order valence-electron chi connectivity index (χ4n) is 3.76. The molecule has 0 aliphatic carbocycles. The summed E-state index contributed by atoms with van der Waals surface area (Å²) in [5, 5.41) is 3.66. The van der Waals surface area contributed by atoms with E-state index in [1.807, 2.05) is 13.8 Å². The van der Waals surface area contributed by atoms with Gasteiger partial charge in [0.2, 0.25) is 5.91 Å². The van der Waals surface area contributed by atoms with Crippen LogP contribution in [0.15, 0.2) is 4.79 Å². The number of nitrogens with zero attached hydrogens (tertiary/aromatic N) is 2. The molecule has 27 heavy (non-hydrogen) atoms. The van der Waals surface area contributed by atoms with Gasteiger partial charge in [-0.1, -0.05) is 6.92 Å². The second kappa shape index (κ2) is 8.97. The lowest BCUT2D eigenvalue weighted by molar-refractivity contribution is -0.121. The molecular formula is C20H30N4O2S. The van der Waals surface area contributed by atoms with Crippen LogP contribution in [0.1, 0.15) is 48.9 Å². The number of hydrogen-bond donors (Lipinski definition) is 2. The summed E-state index contributed by atoms with van der Waals surface area (Å²) in [6.45, 7) is 10.4. The Morgan fingerprint density at radius 3 is 3.00 bits per heavy atom. The lowest BCUT2D eigenvalue weighted by Gasteiger charge is -2.30. The predicted octanol–water partition coefficient (Wildman–Crippen LogP) is 2.77. The number of H-pyrrole nitrogens is 1. The number of likely N-dealkylation sites (tertiary alicyclic amines) is 1. The molecule has 1 atom stereocenters. The number of carbonyl (C=O) groups excluding carboxylic acids is 1. The highest BCUT2D eigenvalue weighted by Gasteiger charge is 2.16. The molecule has 1 fully saturated rings. The molecule has 0 saturated carbocycles. The van der Waals surface area contributed by atoms with Crippen LogP contribution >= 0.6 is 11.3 Å². The van der Waals surface area contributed by atoms with E-state index in [-0.39, 0.29) is 11.5 Å². The van der Waals surface area contributed by atoms with E-state index < -0.39 is 0 Å². The van der Waals surface area contributed by atoms with Crippen molar-refractivity contribution in [2.24, 2.45) is 5.92 Å². The number of thiophene rings is 1. The van der Waals surface area contributed by atoms with Gasteiger partial charge >= 0.3 is 0 Å². The third-order valence-electron chi connectivity index (χ3n) is 5.39. The minimum absolute atomic E-state index is 0.0169. The van der Waals surface area contributed by atoms with Crippen molar-refractivity contribution < 1.29 is 4.79 Å². The number of fused-ring (bicyclic) bond motifs is 1. The molecule has 3 rings (SSSR count). The van der Waals surface area contributed by atoms with Crippen LogP contribution < -0.4 is 10.9 Å². The summed E-state index contributed by atoms with van der Waals surface area (Å²) in [5.74, 6) is 1.39. The first-order valence-corrected chi connectivity index (χ1v) is 10.7. The first-order valence-electron chi connectivity index (χ1n) is 9.92. The van der Waals surface area contributed by atoms with Crippen LogP contribution in [-0.2, 0) is 11.2 Å². The molecule has 3 heterocycles. The molecule has 2 N–H and O–H groups in total. The summed E-state index contributed by atoms with van der Waals surface area (Å²) in [4.78, 5) is 36.1. The average Bonchev–Trinajstić information content (AvgIpc) is 2.91. The quantitative estimate of drug-likeness (QED) is 0.713. The highest BCUT2D eigenvalue weighted by Crippen LogP contribution is 2.25. The van der Waals surface area contributed by atoms with E-state index in [1.54, 1.807) is 0 Å². The van der Waals surface area contributed by atoms with Crippen molar-refractivity contribution in [3.8, 4) is 0 Å². The van der Waals surface area contributed by atoms with Crippen molar-refractivity contribution in [1.29, 1.82) is 0 Å². The smallest absolute Gasteiger partial charge is 0.259 e. The van der Waals surface area contributed by atoms with E-state index in [1.165, 1.54) is 37.3 Å². The monoisotopic (exact) mass is 390 g/mol. The highest BCUT2D eigenvalue weighted by molar-refractivity contribution is 7.18. The molecule has 0 radical (unpaired) electrons. The molecule has 0 bridgehead atoms. The maximum Gasteiger partial charge on any atom is 0.259 e. The van der Waals surface area contributed by atoms with Gasteiger partial charge in [0.05, 0.1) is 5.39 Å². The third-order valence-corrected chi connectivity index (χ3v) is 6.49. The SMILES string of the molecule is Cc1sc2nc(CCC(=O)NCCCN3CCCC(C)C3)[nH]c(=O)c2c1C. The normalized spacial score (nSPS) is 18.1. The molecule has 1 saturated heterocycles. The Labute approximate surface area is 164 Å². The molecule has 7 heteroatoms. The minimum atomic E-state index is -0.104. The number of carbonyl (C=O) groups is 1. The zero-order valence-corrected chi connectivity index (χ0v) is 17.4. The lowest BCUT2D eigenvalue weighted by atomic mass is 10.0. The predicted molar refractivity (Wildman–Crippen MR) is 111 cm³/mol. The number of aromatic amines is 1. The maximum atomic E-state index is 12.3. The van der Waals surface area contributed by atoms with Crippen molar-refractivity contribution in [2.45, 2.75) is 52.9 Å². The second-order valence-corrected chi connectivity index (χ2v) is 8.93. The maximum absolute atomic E-state index is 12.3. The van der Waals surface area contributed by atoms with Gasteiger partial charge in [-0.3, -0.25) is 9.59 Å². The number of aromatic nitrogens is 2. The Kier molecular flexibility index (Phi) is 6.65. The largest absolute Gasteiger partial charge is 0.356 e. The molecule has 6 nitrogen and oxygen atoms in total. The van der Waals surface area contributed by atoms with Crippen LogP contribution in [0.2, 0.25) is 0 Å². The van der Waals surface area contributed by atoms with Gasteiger partial charge in [-0.15, -0.1) is 11.3 Å². The van der Waals surface area contributed by atoms with Crippen molar-refractivity contribution >= 4 is 27.5 Å². The van der Waals surface area contributed by atoms with Crippen LogP contribution in [-0.4, -0.2) is 47.0 Å². The fraction of sp³-hybridized carbons (Fsp3) is 0.650. The van der Waals surface area contributed by atoms with Crippen LogP contribution in [0, 0.1) is 19.8 Å². The number of aryl methyl sites for hydroxylation is 3. The van der Waals surface area contributed by atoms with Crippen molar-refractivity contribution in [3.63, 3.8) is 0 Å². The molecule has 0 spiro atoms. The number of piperidine rings is 1. The molecule has 2 aromatic rings. The lowest BCUT2D eigenvalue weighted by Crippen LogP contribution is -2.36. The number of hydrogen-bond acceptors (Lipinski definition) is 5. The summed E-state index contributed by atoms with van der Waals surface area (Å²) in [6, 6.07) is 0. The van der Waals surface area contributed by atoms with Gasteiger partial charge in [-0.25, -0.2) is 4.98 Å². The van der Waals surface area contributed by atoms with Crippen LogP contribution in [0.25, 0.3) is 10.2 Å². The van der Waals surface area contributed by atoms with Gasteiger partial charge in [-0.05, 0) is 57.7 Å². The van der Waals surface area contributed by atoms with Gasteiger partial charge in [0.15, 0.2) is 0 Å². The number of nitrogens with one attached hydrogen (secondary N) is 2. The van der Waals surface area contributed by atoms with E-state index in [0.29, 0.717) is 30.6 Å². The van der Waals surface area contributed by atoms with Gasteiger partial charge in [0.25, 0.3) is 5.56 Å². The molecular weight excluding hydrogens is 360 g/mol. The van der Waals surface area contributed by atoms with Crippen molar-refractivity contribution in [1.82, 2.24) is 20.2 Å². The van der Waals surface area contributed by atoms with Crippen LogP contribution in [0.5, 0.6) is 0 Å². The topological polar surface area (TPSA) is 78.1 Å². The van der Waals surface area contributed by atoms with E-state index in [2.05, 4.69) is 27.1 Å². The van der Waals surface area contributed by atoms with Crippen molar-refractivity contribution in [2.75, 3.05) is 26.2 Å². The first kappa shape index (κ1) is 20.0. The molecule has 1 amide bonds. The van der Waals surface area contributed by atoms with Gasteiger partial charge < -0.3 is 15.2 Å². The van der Waals surface area contributed by atoms with Crippen LogP contribution in [0.3, 0.4) is 0 Å². The van der Waals surface area contributed by atoms with Crippen LogP contribution in [0.4, 0.5) is 0 Å². The molecule has 1 aliphatic heterocycles. The molecule has 148 valence electrons. The fourth-order valence-corrected chi connectivity index (χ4v) is 4.81. The zero-order valence-electron chi connectivity index (χ0n) is 16.6. The van der Waals surface area contributed by atoms with Gasteiger partial charge in [-0.2, -0.15) is 0 Å². The standard InChI is InChI=1S/C20H30N4O2S/c1-13-6-4-10-24(12-13)11-5-9-21-17(25)8-7-16-22-19(26)18-14(2)15(3)27-20(18)23-16/h13H,4-12H2,1-3H3,(H,21,25)(H,22,23,26).